The number of nitrogens with zero attached hydrogens (tertiary/aromatic N) is 15. The van der Waals surface area contributed by atoms with E-state index in [1.165, 1.54) is 6.33 Å². The molecule has 0 fully saturated rings. The summed E-state index contributed by atoms with van der Waals surface area (Å²) in [4.78, 5) is 47.3. The van der Waals surface area contributed by atoms with E-state index in [2.05, 4.69) is 88.7 Å². The van der Waals surface area contributed by atoms with Gasteiger partial charge in [-0.1, -0.05) is 149 Å². The van der Waals surface area contributed by atoms with Crippen molar-refractivity contribution in [2.24, 2.45) is 0 Å². The molecule has 20 nitrogen and oxygen atoms in total. The molecule has 0 aliphatic rings. The average molecular weight is 1310 g/mol. The summed E-state index contributed by atoms with van der Waals surface area (Å²) in [5.74, 6) is -0.115. The fourth-order valence-electron chi connectivity index (χ4n) is 8.07. The Hall–Kier alpha value is -9.98. The number of rotatable bonds is 11. The van der Waals surface area contributed by atoms with Gasteiger partial charge in [-0.25, -0.2) is 34.0 Å². The van der Waals surface area contributed by atoms with Gasteiger partial charge in [-0.2, -0.15) is 26.1 Å². The van der Waals surface area contributed by atoms with Gasteiger partial charge in [-0.15, -0.1) is 10.2 Å². The maximum absolute atomic E-state index is 12.1. The molecule has 3 atom stereocenters. The van der Waals surface area contributed by atoms with Crippen LogP contribution in [0.15, 0.2) is 238 Å². The quantitative estimate of drug-likeness (QED) is 0.0249. The summed E-state index contributed by atoms with van der Waals surface area (Å²) >= 11 is 3.63. The van der Waals surface area contributed by atoms with Crippen LogP contribution in [0.25, 0.3) is 19.4 Å². The third-order valence-electron chi connectivity index (χ3n) is 12.5. The summed E-state index contributed by atoms with van der Waals surface area (Å²) in [7, 11) is 0. The summed E-state index contributed by atoms with van der Waals surface area (Å²) in [5.41, 5.74) is 12.1. The van der Waals surface area contributed by atoms with E-state index in [4.69, 9.17) is 57.4 Å². The maximum atomic E-state index is 12.1. The molecule has 0 bridgehead atoms. The van der Waals surface area contributed by atoms with E-state index in [0.717, 1.165) is 33.4 Å². The molecule has 0 saturated carbocycles. The molecule has 3 aromatic heterocycles. The SMILES string of the molecule is O=CO[O-].[C-]#[N+]c1ccc(C(=O)c2ccc(C#N)cc2)cc1.[C-]#[N+]c1ccc(C(Br)c2ccc(C#N)cc2)cc1.[C-]#[N+]c1ccc(C(c2ccc(C#N)cc2)n2cncn2)cc1.[C-]#[N+]c1ccc(C(c2ccc(C#N)cc2)n2cnnc2)cc1.[H-].[K+].[K+].c1c[nH]cn1. The number of H-pyrrole nitrogens is 1. The molecule has 0 aliphatic heterocycles. The summed E-state index contributed by atoms with van der Waals surface area (Å²) in [6.45, 7) is 27.6. The van der Waals surface area contributed by atoms with Crippen molar-refractivity contribution in [2.75, 3.05) is 0 Å². The van der Waals surface area contributed by atoms with Crippen LogP contribution in [0.2, 0.25) is 0 Å². The topological polar surface area (TPSA) is 269 Å². The zero-order chi connectivity index (χ0) is 63.6. The van der Waals surface area contributed by atoms with Gasteiger partial charge in [0.25, 0.3) is 6.47 Å². The molecular formula is C68H45BrK2N16O4. The molecule has 0 saturated heterocycles. The number of imidazole rings is 1. The zero-order valence-corrected chi connectivity index (χ0v) is 56.4. The number of aromatic amines is 1. The standard InChI is InChI=1S/2C17H11N5.C15H9BrN2.C15H8N2O.C3H4N2.CH2O3.2K.H/c1-19-16-8-6-15(7-9-16)17(22-11-20-21-12-22)14-4-2-13(10-18)3-5-14;1-19-16-8-6-15(7-9-16)17(22-12-20-11-21-22)14-4-2-13(10-18)3-5-14;1-18-14-8-6-13(7-9-14)15(16)12-4-2-11(10-17)3-5-12;1-17-14-8-6-13(7-9-14)15(18)12-4-2-11(10-16)3-5-12;1-2-5-3-4-1;2-1-4-3;;;/h2*2-9,11-12,17H;2-9,15H;2-9H;1-3H,(H,4,5);1,3H;;;/q;;;;;;2*+1;-1/p-1. The van der Waals surface area contributed by atoms with Crippen LogP contribution in [-0.2, 0) is 9.68 Å². The molecule has 0 aliphatic carbocycles. The van der Waals surface area contributed by atoms with Gasteiger partial charge < -0.3 is 21.1 Å². The number of halogens is 1. The van der Waals surface area contributed by atoms with E-state index in [9.17, 15) is 4.79 Å². The average Bonchev–Trinajstić information content (AvgIpc) is 1.41. The summed E-state index contributed by atoms with van der Waals surface area (Å²) in [5, 5.41) is 55.7. The minimum atomic E-state index is -0.181. The number of nitrogens with one attached hydrogen (secondary N) is 1. The van der Waals surface area contributed by atoms with Crippen LogP contribution in [0, 0.1) is 71.6 Å². The second kappa shape index (κ2) is 40.5. The van der Waals surface area contributed by atoms with Crippen LogP contribution in [0.1, 0.15) is 89.9 Å². The third-order valence-corrected chi connectivity index (χ3v) is 13.5. The van der Waals surface area contributed by atoms with Gasteiger partial charge in [0.2, 0.25) is 0 Å². The molecule has 23 heteroatoms. The van der Waals surface area contributed by atoms with Crippen LogP contribution in [0.5, 0.6) is 0 Å². The molecule has 8 aromatic carbocycles. The van der Waals surface area contributed by atoms with Crippen molar-refractivity contribution in [3.8, 4) is 24.3 Å². The Labute approximate surface area is 619 Å². The fourth-order valence-corrected chi connectivity index (χ4v) is 8.68. The van der Waals surface area contributed by atoms with E-state index in [1.54, 1.807) is 164 Å². The third kappa shape index (κ3) is 22.8. The van der Waals surface area contributed by atoms with Crippen LogP contribution in [-0.4, -0.2) is 51.8 Å². The van der Waals surface area contributed by atoms with Gasteiger partial charge in [0.05, 0.1) is 90.0 Å². The van der Waals surface area contributed by atoms with Crippen LogP contribution < -0.4 is 108 Å². The van der Waals surface area contributed by atoms with Gasteiger partial charge >= 0.3 is 103 Å². The first-order valence-electron chi connectivity index (χ1n) is 26.0. The second-order valence-electron chi connectivity index (χ2n) is 17.9. The van der Waals surface area contributed by atoms with Gasteiger partial charge in [-0.05, 0) is 94.0 Å². The van der Waals surface area contributed by atoms with E-state index >= 15 is 0 Å². The van der Waals surface area contributed by atoms with Crippen molar-refractivity contribution in [1.29, 1.82) is 21.0 Å². The van der Waals surface area contributed by atoms with Crippen LogP contribution in [0.4, 0.5) is 22.7 Å². The van der Waals surface area contributed by atoms with E-state index < -0.39 is 0 Å². The number of hydrogen-bond donors (Lipinski definition) is 1. The van der Waals surface area contributed by atoms with Crippen LogP contribution >= 0.6 is 15.9 Å². The monoisotopic (exact) mass is 1310 g/mol. The number of hydrogen-bond acceptors (Lipinski definition) is 13. The molecule has 0 radical (unpaired) electrons. The largest absolute Gasteiger partial charge is 1.00 e. The molecule has 430 valence electrons. The van der Waals surface area contributed by atoms with E-state index in [0.29, 0.717) is 56.1 Å². The first-order chi connectivity index (χ1) is 43.5. The first-order valence-corrected chi connectivity index (χ1v) is 26.9. The van der Waals surface area contributed by atoms with Crippen LogP contribution in [0.3, 0.4) is 0 Å². The Morgan fingerprint density at radius 1 is 0.516 bits per heavy atom. The minimum absolute atomic E-state index is 0. The van der Waals surface area contributed by atoms with Crippen molar-refractivity contribution in [3.63, 3.8) is 0 Å². The minimum Gasteiger partial charge on any atom is -1.00 e. The smallest absolute Gasteiger partial charge is 1.00 e. The molecule has 0 spiro atoms. The molecule has 0 amide bonds. The molecular weight excluding hydrogens is 1260 g/mol. The Morgan fingerprint density at radius 2 is 0.835 bits per heavy atom. The maximum Gasteiger partial charge on any atom is 1.00 e. The Morgan fingerprint density at radius 3 is 1.13 bits per heavy atom. The van der Waals surface area contributed by atoms with Gasteiger partial charge in [0.15, 0.2) is 28.5 Å². The van der Waals surface area contributed by atoms with Crippen molar-refractivity contribution in [2.45, 2.75) is 16.9 Å². The van der Waals surface area contributed by atoms with Crippen molar-refractivity contribution in [1.82, 2.24) is 39.5 Å². The molecule has 11 aromatic rings. The van der Waals surface area contributed by atoms with Crippen molar-refractivity contribution in [3.05, 3.63) is 351 Å². The summed E-state index contributed by atoms with van der Waals surface area (Å²) in [6, 6.07) is 65.7. The predicted molar refractivity (Wildman–Crippen MR) is 331 cm³/mol. The predicted octanol–water partition coefficient (Wildman–Crippen LogP) is 7.57. The van der Waals surface area contributed by atoms with E-state index in [-0.39, 0.29) is 133 Å². The van der Waals surface area contributed by atoms with Crippen molar-refractivity contribution < 1.29 is 124 Å². The Bertz CT molecular complexity index is 3960. The molecule has 3 unspecified atom stereocenters. The fraction of sp³-hybridized carbons (Fsp3) is 0.0441. The van der Waals surface area contributed by atoms with Crippen molar-refractivity contribution >= 4 is 50.9 Å². The molecule has 3 heterocycles. The van der Waals surface area contributed by atoms with E-state index in [1.807, 2.05) is 83.4 Å². The summed E-state index contributed by atoms with van der Waals surface area (Å²) in [6.07, 6.45) is 11.5. The van der Waals surface area contributed by atoms with Gasteiger partial charge in [0.1, 0.15) is 31.4 Å². The molecule has 91 heavy (non-hydrogen) atoms. The Kier molecular flexibility index (Phi) is 32.7. The zero-order valence-electron chi connectivity index (χ0n) is 49.5. The van der Waals surface area contributed by atoms with Gasteiger partial charge in [0, 0.05) is 23.5 Å². The molecule has 11 rings (SSSR count). The first kappa shape index (κ1) is 73.5. The number of alkyl halides is 1. The number of carbonyl (C=O) groups excluding carboxylic acids is 2. The van der Waals surface area contributed by atoms with Gasteiger partial charge in [-0.3, -0.25) is 9.59 Å². The normalized spacial score (nSPS) is 10.2. The Balaban J connectivity index is 0.000000303. The number of benzene rings is 8. The number of ketones is 1. The second-order valence-corrected chi connectivity index (χ2v) is 18.8. The number of aromatic nitrogens is 8. The number of nitriles is 4. The summed E-state index contributed by atoms with van der Waals surface area (Å²) < 4.78 is 3.66. The molecule has 1 N–H and O–H groups in total. The number of carbonyl (C=O) groups is 2.